The molecule has 0 N–H and O–H groups in total. The molecular formula is C38H50O10. The lowest BCUT2D eigenvalue weighted by atomic mass is 9.92. The van der Waals surface area contributed by atoms with E-state index in [9.17, 15) is 28.8 Å². The second-order valence-corrected chi connectivity index (χ2v) is 14.5. The van der Waals surface area contributed by atoms with Gasteiger partial charge in [-0.1, -0.05) is 76.2 Å². The maximum atomic E-state index is 12.7. The lowest BCUT2D eigenvalue weighted by Crippen LogP contribution is -2.31. The van der Waals surface area contributed by atoms with Crippen molar-refractivity contribution in [2.75, 3.05) is 13.2 Å². The normalized spacial score (nSPS) is 13.0. The second kappa shape index (κ2) is 17.2. The van der Waals surface area contributed by atoms with Gasteiger partial charge in [0.05, 0.1) is 24.7 Å². The van der Waals surface area contributed by atoms with Gasteiger partial charge in [-0.15, -0.1) is 0 Å². The van der Waals surface area contributed by atoms with Crippen LogP contribution in [0.1, 0.15) is 103 Å². The van der Waals surface area contributed by atoms with Gasteiger partial charge < -0.3 is 18.9 Å². The van der Waals surface area contributed by atoms with Crippen LogP contribution in [0.3, 0.4) is 0 Å². The summed E-state index contributed by atoms with van der Waals surface area (Å²) < 4.78 is 21.2. The van der Waals surface area contributed by atoms with Gasteiger partial charge in [-0.25, -0.2) is 0 Å². The molecular weight excluding hydrogens is 616 g/mol. The number of Topliss-reactive ketones (excluding diaryl/α,β-unsaturated/α-hetero) is 2. The monoisotopic (exact) mass is 666 g/mol. The first-order valence-corrected chi connectivity index (χ1v) is 16.2. The zero-order valence-corrected chi connectivity index (χ0v) is 29.8. The Morgan fingerprint density at radius 1 is 0.521 bits per heavy atom. The van der Waals surface area contributed by atoms with Gasteiger partial charge in [0.1, 0.15) is 11.2 Å². The minimum absolute atomic E-state index is 0.138. The third-order valence-corrected chi connectivity index (χ3v) is 7.27. The standard InChI is InChI=1S/C38H50O10/c1-23(2)29(19-33(41)47-37(5,6)7)35(43)45-21-31(39)27-15-11-25(12-16-27)26-13-17-28(18-14-26)32(40)22-46-36(44)30(24(3)4)20-34(42)48-38(8,9)10/h11-18,23-24,29-30H,19-22H2,1-10H3/t29-,30-/m0/s1. The van der Waals surface area contributed by atoms with Gasteiger partial charge in [0.2, 0.25) is 0 Å². The molecule has 0 saturated carbocycles. The Kier molecular flexibility index (Phi) is 14.3. The lowest BCUT2D eigenvalue weighted by Gasteiger charge is -2.23. The number of ether oxygens (including phenoxy) is 4. The molecule has 0 spiro atoms. The topological polar surface area (TPSA) is 139 Å². The zero-order chi connectivity index (χ0) is 36.4. The first kappa shape index (κ1) is 39.8. The SMILES string of the molecule is CC(C)[C@H](CC(=O)OC(C)(C)C)C(=O)OCC(=O)c1ccc(-c2ccc(C(=O)COC(=O)[C@@H](CC(=O)OC(C)(C)C)C(C)C)cc2)cc1. The highest BCUT2D eigenvalue weighted by Gasteiger charge is 2.31. The summed E-state index contributed by atoms with van der Waals surface area (Å²) in [7, 11) is 0. The van der Waals surface area contributed by atoms with Crippen molar-refractivity contribution in [3.63, 3.8) is 0 Å². The van der Waals surface area contributed by atoms with E-state index >= 15 is 0 Å². The number of esters is 4. The van der Waals surface area contributed by atoms with Crippen LogP contribution in [0.15, 0.2) is 48.5 Å². The van der Waals surface area contributed by atoms with Crippen molar-refractivity contribution in [1.29, 1.82) is 0 Å². The average molecular weight is 667 g/mol. The number of carbonyl (C=O) groups excluding carboxylic acids is 6. The van der Waals surface area contributed by atoms with Crippen LogP contribution in [0, 0.1) is 23.7 Å². The quantitative estimate of drug-likeness (QED) is 0.113. The van der Waals surface area contributed by atoms with Gasteiger partial charge >= 0.3 is 23.9 Å². The zero-order valence-electron chi connectivity index (χ0n) is 29.8. The summed E-state index contributed by atoms with van der Waals surface area (Å²) in [5.74, 6) is -4.92. The molecule has 10 heteroatoms. The van der Waals surface area contributed by atoms with Gasteiger partial charge in [0, 0.05) is 11.1 Å². The molecule has 0 fully saturated rings. The highest BCUT2D eigenvalue weighted by atomic mass is 16.6. The van der Waals surface area contributed by atoms with E-state index in [1.165, 1.54) is 0 Å². The third-order valence-electron chi connectivity index (χ3n) is 7.27. The first-order valence-electron chi connectivity index (χ1n) is 16.2. The molecule has 48 heavy (non-hydrogen) atoms. The van der Waals surface area contributed by atoms with Crippen LogP contribution in [0.2, 0.25) is 0 Å². The summed E-state index contributed by atoms with van der Waals surface area (Å²) in [6, 6.07) is 13.4. The van der Waals surface area contributed by atoms with E-state index in [2.05, 4.69) is 0 Å². The van der Waals surface area contributed by atoms with Gasteiger partial charge in [0.15, 0.2) is 24.8 Å². The van der Waals surface area contributed by atoms with Gasteiger partial charge in [0.25, 0.3) is 0 Å². The van der Waals surface area contributed by atoms with Crippen LogP contribution in [0.5, 0.6) is 0 Å². The Hall–Kier alpha value is -4.34. The Morgan fingerprint density at radius 2 is 0.812 bits per heavy atom. The molecule has 0 unspecified atom stereocenters. The second-order valence-electron chi connectivity index (χ2n) is 14.5. The van der Waals surface area contributed by atoms with Crippen molar-refractivity contribution >= 4 is 35.4 Å². The molecule has 0 bridgehead atoms. The number of ketones is 2. The van der Waals surface area contributed by atoms with Gasteiger partial charge in [-0.3, -0.25) is 28.8 Å². The Labute approximate surface area is 283 Å². The molecule has 0 radical (unpaired) electrons. The molecule has 262 valence electrons. The summed E-state index contributed by atoms with van der Waals surface area (Å²) in [5.41, 5.74) is 0.913. The van der Waals surface area contributed by atoms with Crippen molar-refractivity contribution in [3.8, 4) is 11.1 Å². The summed E-state index contributed by atoms with van der Waals surface area (Å²) >= 11 is 0. The fourth-order valence-corrected chi connectivity index (χ4v) is 4.66. The van der Waals surface area contributed by atoms with E-state index in [1.807, 2.05) is 0 Å². The van der Waals surface area contributed by atoms with Crippen LogP contribution in [-0.2, 0) is 38.1 Å². The summed E-state index contributed by atoms with van der Waals surface area (Å²) in [6.07, 6.45) is -0.277. The van der Waals surface area contributed by atoms with Gasteiger partial charge in [-0.2, -0.15) is 0 Å². The Morgan fingerprint density at radius 3 is 1.06 bits per heavy atom. The molecule has 2 atom stereocenters. The summed E-state index contributed by atoms with van der Waals surface area (Å²) in [5, 5.41) is 0. The molecule has 0 aliphatic rings. The molecule has 0 aromatic heterocycles. The molecule has 2 aromatic carbocycles. The molecule has 2 rings (SSSR count). The molecule has 0 saturated heterocycles. The highest BCUT2D eigenvalue weighted by Crippen LogP contribution is 2.24. The predicted octanol–water partition coefficient (Wildman–Crippen LogP) is 6.81. The summed E-state index contributed by atoms with van der Waals surface area (Å²) in [6.45, 7) is 16.8. The fourth-order valence-electron chi connectivity index (χ4n) is 4.66. The Bertz CT molecular complexity index is 1330. The maximum absolute atomic E-state index is 12.7. The lowest BCUT2D eigenvalue weighted by molar-refractivity contribution is -0.162. The number of hydrogen-bond donors (Lipinski definition) is 0. The van der Waals surface area contributed by atoms with E-state index in [0.717, 1.165) is 11.1 Å². The van der Waals surface area contributed by atoms with Crippen molar-refractivity contribution in [2.24, 2.45) is 23.7 Å². The number of carbonyl (C=O) groups is 6. The molecule has 2 aromatic rings. The summed E-state index contributed by atoms with van der Waals surface area (Å²) in [4.78, 5) is 75.4. The highest BCUT2D eigenvalue weighted by molar-refractivity contribution is 5.99. The predicted molar refractivity (Wildman–Crippen MR) is 180 cm³/mol. The first-order chi connectivity index (χ1) is 22.2. The van der Waals surface area contributed by atoms with Crippen molar-refractivity contribution in [2.45, 2.75) is 93.3 Å². The average Bonchev–Trinajstić information content (AvgIpc) is 2.98. The molecule has 10 nitrogen and oxygen atoms in total. The minimum Gasteiger partial charge on any atom is -0.460 e. The van der Waals surface area contributed by atoms with E-state index in [4.69, 9.17) is 18.9 Å². The fraction of sp³-hybridized carbons (Fsp3) is 0.526. The number of benzene rings is 2. The van der Waals surface area contributed by atoms with E-state index in [0.29, 0.717) is 11.1 Å². The molecule has 0 amide bonds. The Balaban J connectivity index is 1.95. The molecule has 0 aliphatic heterocycles. The van der Waals surface area contributed by atoms with E-state index in [-0.39, 0.29) is 24.7 Å². The van der Waals surface area contributed by atoms with Crippen molar-refractivity contribution < 1.29 is 47.7 Å². The number of rotatable bonds is 15. The smallest absolute Gasteiger partial charge is 0.310 e. The van der Waals surface area contributed by atoms with Crippen LogP contribution in [-0.4, -0.2) is 59.9 Å². The minimum atomic E-state index is -0.738. The number of hydrogen-bond acceptors (Lipinski definition) is 10. The third kappa shape index (κ3) is 13.4. The van der Waals surface area contributed by atoms with Crippen LogP contribution < -0.4 is 0 Å². The maximum Gasteiger partial charge on any atom is 0.310 e. The van der Waals surface area contributed by atoms with Gasteiger partial charge in [-0.05, 0) is 64.5 Å². The van der Waals surface area contributed by atoms with Crippen LogP contribution >= 0.6 is 0 Å². The van der Waals surface area contributed by atoms with Crippen LogP contribution in [0.25, 0.3) is 11.1 Å². The van der Waals surface area contributed by atoms with E-state index in [1.54, 1.807) is 118 Å². The largest absolute Gasteiger partial charge is 0.460 e. The van der Waals surface area contributed by atoms with E-state index < -0.39 is 71.7 Å². The molecule has 0 aliphatic carbocycles. The van der Waals surface area contributed by atoms with Crippen molar-refractivity contribution in [1.82, 2.24) is 0 Å². The van der Waals surface area contributed by atoms with Crippen molar-refractivity contribution in [3.05, 3.63) is 59.7 Å². The molecule has 0 heterocycles. The van der Waals surface area contributed by atoms with Crippen LogP contribution in [0.4, 0.5) is 0 Å².